The van der Waals surface area contributed by atoms with E-state index in [2.05, 4.69) is 18.9 Å². The molecule has 0 N–H and O–H groups in total. The van der Waals surface area contributed by atoms with Crippen LogP contribution in [0.25, 0.3) is 0 Å². The lowest BCUT2D eigenvalue weighted by atomic mass is 10.0. The molecule has 1 aromatic heterocycles. The van der Waals surface area contributed by atoms with E-state index in [0.29, 0.717) is 5.92 Å². The molecule has 0 aromatic carbocycles. The van der Waals surface area contributed by atoms with Crippen molar-refractivity contribution in [1.29, 1.82) is 0 Å². The van der Waals surface area contributed by atoms with Gasteiger partial charge in [-0.05, 0) is 5.92 Å². The van der Waals surface area contributed by atoms with E-state index in [-0.39, 0.29) is 5.69 Å². The van der Waals surface area contributed by atoms with E-state index in [1.807, 2.05) is 0 Å². The zero-order valence-corrected chi connectivity index (χ0v) is 8.53. The molecule has 4 nitrogen and oxygen atoms in total. The van der Waals surface area contributed by atoms with Crippen molar-refractivity contribution in [3.8, 4) is 0 Å². The Morgan fingerprint density at radius 3 is 2.46 bits per heavy atom. The fourth-order valence-corrected chi connectivity index (χ4v) is 1.34. The Morgan fingerprint density at radius 1 is 1.46 bits per heavy atom. The van der Waals surface area contributed by atoms with Gasteiger partial charge in [-0.1, -0.05) is 26.7 Å². The third-order valence-corrected chi connectivity index (χ3v) is 2.47. The second kappa shape index (κ2) is 4.25. The van der Waals surface area contributed by atoms with Gasteiger partial charge in [0.05, 0.1) is 0 Å². The highest BCUT2D eigenvalue weighted by molar-refractivity contribution is 4.67. The SMILES string of the molecule is CCC(CC)Cn1ncn(C)c1=O. The highest BCUT2D eigenvalue weighted by Gasteiger charge is 2.07. The molecule has 1 rings (SSSR count). The van der Waals surface area contributed by atoms with Crippen molar-refractivity contribution in [1.82, 2.24) is 14.3 Å². The molecule has 1 aromatic rings. The van der Waals surface area contributed by atoms with Crippen molar-refractivity contribution >= 4 is 0 Å². The summed E-state index contributed by atoms with van der Waals surface area (Å²) in [6.45, 7) is 5.02. The molecule has 74 valence electrons. The zero-order chi connectivity index (χ0) is 9.84. The number of nitrogens with zero attached hydrogens (tertiary/aromatic N) is 3. The molecule has 0 aliphatic rings. The molecule has 0 amide bonds. The number of hydrogen-bond donors (Lipinski definition) is 0. The van der Waals surface area contributed by atoms with Crippen LogP contribution in [-0.2, 0) is 13.6 Å². The van der Waals surface area contributed by atoms with Crippen molar-refractivity contribution in [3.63, 3.8) is 0 Å². The minimum atomic E-state index is -0.0214. The molecule has 0 saturated carbocycles. The van der Waals surface area contributed by atoms with E-state index in [1.165, 1.54) is 9.25 Å². The Morgan fingerprint density at radius 2 is 2.08 bits per heavy atom. The minimum Gasteiger partial charge on any atom is -0.285 e. The molecule has 0 saturated heterocycles. The monoisotopic (exact) mass is 183 g/mol. The van der Waals surface area contributed by atoms with Gasteiger partial charge in [0, 0.05) is 13.6 Å². The Labute approximate surface area is 78.2 Å². The number of hydrogen-bond acceptors (Lipinski definition) is 2. The van der Waals surface area contributed by atoms with E-state index in [0.717, 1.165) is 19.4 Å². The second-order valence-corrected chi connectivity index (χ2v) is 3.39. The lowest BCUT2D eigenvalue weighted by Gasteiger charge is -2.10. The van der Waals surface area contributed by atoms with Crippen LogP contribution >= 0.6 is 0 Å². The van der Waals surface area contributed by atoms with Crippen molar-refractivity contribution in [2.24, 2.45) is 13.0 Å². The van der Waals surface area contributed by atoms with Crippen molar-refractivity contribution < 1.29 is 0 Å². The summed E-state index contributed by atoms with van der Waals surface area (Å²) in [5.41, 5.74) is -0.0214. The molecule has 0 aliphatic heterocycles. The highest BCUT2D eigenvalue weighted by Crippen LogP contribution is 2.08. The Balaban J connectivity index is 2.73. The van der Waals surface area contributed by atoms with Gasteiger partial charge in [-0.2, -0.15) is 5.10 Å². The first-order valence-corrected chi connectivity index (χ1v) is 4.77. The normalized spacial score (nSPS) is 11.1. The molecular formula is C9H17N3O. The van der Waals surface area contributed by atoms with Gasteiger partial charge < -0.3 is 0 Å². The van der Waals surface area contributed by atoms with Gasteiger partial charge in [0.15, 0.2) is 0 Å². The molecule has 13 heavy (non-hydrogen) atoms. The average Bonchev–Trinajstić information content (AvgIpc) is 2.45. The molecule has 0 atom stereocenters. The molecule has 0 fully saturated rings. The first-order chi connectivity index (χ1) is 6.19. The molecule has 4 heteroatoms. The maximum atomic E-state index is 11.4. The molecule has 0 unspecified atom stereocenters. The van der Waals surface area contributed by atoms with Gasteiger partial charge in [-0.15, -0.1) is 0 Å². The first kappa shape index (κ1) is 10.0. The number of aryl methyl sites for hydroxylation is 1. The lowest BCUT2D eigenvalue weighted by molar-refractivity contribution is 0.387. The summed E-state index contributed by atoms with van der Waals surface area (Å²) < 4.78 is 3.04. The van der Waals surface area contributed by atoms with Crippen LogP contribution in [0.1, 0.15) is 26.7 Å². The van der Waals surface area contributed by atoms with Crippen molar-refractivity contribution in [3.05, 3.63) is 16.8 Å². The van der Waals surface area contributed by atoms with Crippen LogP contribution in [0.15, 0.2) is 11.1 Å². The van der Waals surface area contributed by atoms with E-state index >= 15 is 0 Å². The Kier molecular flexibility index (Phi) is 3.28. The van der Waals surface area contributed by atoms with Crippen LogP contribution in [0.4, 0.5) is 0 Å². The predicted molar refractivity (Wildman–Crippen MR) is 51.5 cm³/mol. The van der Waals surface area contributed by atoms with Gasteiger partial charge in [-0.25, -0.2) is 9.48 Å². The van der Waals surface area contributed by atoms with Crippen molar-refractivity contribution in [2.75, 3.05) is 0 Å². The van der Waals surface area contributed by atoms with Gasteiger partial charge in [0.1, 0.15) is 6.33 Å². The van der Waals surface area contributed by atoms with E-state index in [4.69, 9.17) is 0 Å². The van der Waals surface area contributed by atoms with Gasteiger partial charge >= 0.3 is 5.69 Å². The fraction of sp³-hybridized carbons (Fsp3) is 0.778. The smallest absolute Gasteiger partial charge is 0.285 e. The van der Waals surface area contributed by atoms with Crippen LogP contribution in [-0.4, -0.2) is 14.3 Å². The molecule has 0 aliphatic carbocycles. The minimum absolute atomic E-state index is 0.0214. The third-order valence-electron chi connectivity index (χ3n) is 2.47. The van der Waals surface area contributed by atoms with Crippen LogP contribution < -0.4 is 5.69 Å². The van der Waals surface area contributed by atoms with Gasteiger partial charge in [0.2, 0.25) is 0 Å². The van der Waals surface area contributed by atoms with E-state index < -0.39 is 0 Å². The lowest BCUT2D eigenvalue weighted by Crippen LogP contribution is -2.25. The molecular weight excluding hydrogens is 166 g/mol. The molecule has 0 radical (unpaired) electrons. The van der Waals surface area contributed by atoms with Gasteiger partial charge in [-0.3, -0.25) is 4.57 Å². The second-order valence-electron chi connectivity index (χ2n) is 3.39. The summed E-state index contributed by atoms with van der Waals surface area (Å²) in [6.07, 6.45) is 3.75. The summed E-state index contributed by atoms with van der Waals surface area (Å²) in [6, 6.07) is 0. The standard InChI is InChI=1S/C9H17N3O/c1-4-8(5-2)6-12-9(13)11(3)7-10-12/h7-8H,4-6H2,1-3H3. The third kappa shape index (κ3) is 2.20. The summed E-state index contributed by atoms with van der Waals surface area (Å²) >= 11 is 0. The van der Waals surface area contributed by atoms with Crippen LogP contribution in [0.2, 0.25) is 0 Å². The Bertz CT molecular complexity index is 309. The molecule has 1 heterocycles. The number of rotatable bonds is 4. The van der Waals surface area contributed by atoms with Crippen LogP contribution in [0.5, 0.6) is 0 Å². The maximum absolute atomic E-state index is 11.4. The fourth-order valence-electron chi connectivity index (χ4n) is 1.34. The topological polar surface area (TPSA) is 39.8 Å². The van der Waals surface area contributed by atoms with E-state index in [9.17, 15) is 4.79 Å². The first-order valence-electron chi connectivity index (χ1n) is 4.77. The van der Waals surface area contributed by atoms with Crippen molar-refractivity contribution in [2.45, 2.75) is 33.2 Å². The molecule has 0 spiro atoms. The summed E-state index contributed by atoms with van der Waals surface area (Å²) in [7, 11) is 1.72. The predicted octanol–water partition coefficient (Wildman–Crippen LogP) is 1.02. The summed E-state index contributed by atoms with van der Waals surface area (Å²) in [4.78, 5) is 11.4. The summed E-state index contributed by atoms with van der Waals surface area (Å²) in [5.74, 6) is 0.563. The largest absolute Gasteiger partial charge is 0.345 e. The van der Waals surface area contributed by atoms with Gasteiger partial charge in [0.25, 0.3) is 0 Å². The van der Waals surface area contributed by atoms with Crippen LogP contribution in [0.3, 0.4) is 0 Å². The number of aromatic nitrogens is 3. The quantitative estimate of drug-likeness (QED) is 0.699. The average molecular weight is 183 g/mol. The highest BCUT2D eigenvalue weighted by atomic mass is 16.2. The summed E-state index contributed by atoms with van der Waals surface area (Å²) in [5, 5.41) is 4.02. The molecule has 0 bridgehead atoms. The maximum Gasteiger partial charge on any atom is 0.345 e. The zero-order valence-electron chi connectivity index (χ0n) is 8.53. The van der Waals surface area contributed by atoms with Crippen LogP contribution in [0, 0.1) is 5.92 Å². The van der Waals surface area contributed by atoms with E-state index in [1.54, 1.807) is 13.4 Å². The Hall–Kier alpha value is -1.06.